The molecule has 0 fully saturated rings. The van der Waals surface area contributed by atoms with Crippen LogP contribution in [0, 0.1) is 0 Å². The molecule has 1 spiro atoms. The van der Waals surface area contributed by atoms with Crippen molar-refractivity contribution in [1.82, 2.24) is 0 Å². The molecule has 0 aliphatic carbocycles. The van der Waals surface area contributed by atoms with E-state index >= 15 is 0 Å². The van der Waals surface area contributed by atoms with Crippen molar-refractivity contribution in [1.29, 1.82) is 0 Å². The van der Waals surface area contributed by atoms with Gasteiger partial charge in [-0.05, 0) is 32.4 Å². The van der Waals surface area contributed by atoms with Gasteiger partial charge in [-0.1, -0.05) is 33.6 Å². The van der Waals surface area contributed by atoms with Crippen molar-refractivity contribution in [2.75, 3.05) is 5.32 Å². The molecule has 1 amide bonds. The van der Waals surface area contributed by atoms with E-state index in [1.165, 1.54) is 5.57 Å². The van der Waals surface area contributed by atoms with Crippen LogP contribution in [0.4, 0.5) is 5.69 Å². The molecule has 2 aliphatic heterocycles. The second-order valence-electron chi connectivity index (χ2n) is 5.33. The van der Waals surface area contributed by atoms with Crippen molar-refractivity contribution in [3.63, 3.8) is 0 Å². The van der Waals surface area contributed by atoms with E-state index in [1.807, 2.05) is 25.1 Å². The van der Waals surface area contributed by atoms with E-state index in [2.05, 4.69) is 34.2 Å². The lowest BCUT2D eigenvalue weighted by Gasteiger charge is -2.30. The van der Waals surface area contributed by atoms with Crippen LogP contribution in [0.25, 0.3) is 0 Å². The molecule has 0 unspecified atom stereocenters. The predicted octanol–water partition coefficient (Wildman–Crippen LogP) is 3.74. The third kappa shape index (κ3) is 1.94. The van der Waals surface area contributed by atoms with Crippen molar-refractivity contribution >= 4 is 27.5 Å². The number of halogens is 1. The van der Waals surface area contributed by atoms with Crippen molar-refractivity contribution in [3.8, 4) is 0 Å². The topological polar surface area (TPSA) is 38.3 Å². The fourth-order valence-electron chi connectivity index (χ4n) is 2.92. The molecule has 2 heterocycles. The third-order valence-electron chi connectivity index (χ3n) is 3.76. The summed E-state index contributed by atoms with van der Waals surface area (Å²) >= 11 is 3.56. The predicted molar refractivity (Wildman–Crippen MR) is 78.0 cm³/mol. The summed E-state index contributed by atoms with van der Waals surface area (Å²) in [6, 6.07) is 5.80. The summed E-state index contributed by atoms with van der Waals surface area (Å²) in [4.78, 5) is 12.5. The van der Waals surface area contributed by atoms with Crippen molar-refractivity contribution in [2.24, 2.45) is 0 Å². The quantitative estimate of drug-likeness (QED) is 0.739. The number of hydrogen-bond acceptors (Lipinski definition) is 2. The normalized spacial score (nSPS) is 29.7. The molecular weight excluding hydrogens is 306 g/mol. The fourth-order valence-corrected chi connectivity index (χ4v) is 3.61. The van der Waals surface area contributed by atoms with E-state index in [0.29, 0.717) is 6.42 Å². The van der Waals surface area contributed by atoms with E-state index < -0.39 is 5.60 Å². The first-order chi connectivity index (χ1) is 9.03. The van der Waals surface area contributed by atoms with Gasteiger partial charge >= 0.3 is 0 Å². The number of fused-ring (bicyclic) bond motifs is 2. The van der Waals surface area contributed by atoms with Crippen LogP contribution in [0.15, 0.2) is 34.3 Å². The lowest BCUT2D eigenvalue weighted by atomic mass is 9.88. The second kappa shape index (κ2) is 4.46. The number of hydrogen-bond donors (Lipinski definition) is 1. The Morgan fingerprint density at radius 3 is 3.05 bits per heavy atom. The minimum atomic E-state index is -0.883. The highest BCUT2D eigenvalue weighted by atomic mass is 79.9. The monoisotopic (exact) mass is 321 g/mol. The van der Waals surface area contributed by atoms with Crippen molar-refractivity contribution < 1.29 is 9.53 Å². The van der Waals surface area contributed by atoms with Gasteiger partial charge in [0.15, 0.2) is 5.60 Å². The molecule has 1 aromatic rings. The summed E-state index contributed by atoms with van der Waals surface area (Å²) < 4.78 is 7.08. The Labute approximate surface area is 121 Å². The Morgan fingerprint density at radius 1 is 1.47 bits per heavy atom. The van der Waals surface area contributed by atoms with Crippen LogP contribution in [0.3, 0.4) is 0 Å². The van der Waals surface area contributed by atoms with Gasteiger partial charge in [0.25, 0.3) is 5.91 Å². The van der Waals surface area contributed by atoms with Gasteiger partial charge in [0, 0.05) is 22.1 Å². The molecule has 0 aromatic heterocycles. The summed E-state index contributed by atoms with van der Waals surface area (Å²) in [5, 5.41) is 2.95. The average molecular weight is 322 g/mol. The highest BCUT2D eigenvalue weighted by Gasteiger charge is 2.50. The number of rotatable bonds is 0. The average Bonchev–Trinajstić information content (AvgIpc) is 2.51. The Balaban J connectivity index is 2.19. The molecule has 0 saturated carbocycles. The fraction of sp³-hybridized carbons (Fsp3) is 0.400. The number of carbonyl (C=O) groups is 1. The summed E-state index contributed by atoms with van der Waals surface area (Å²) in [5.41, 5.74) is 2.09. The maximum Gasteiger partial charge on any atom is 0.261 e. The lowest BCUT2D eigenvalue weighted by Crippen LogP contribution is -2.39. The van der Waals surface area contributed by atoms with Crippen LogP contribution < -0.4 is 5.32 Å². The molecule has 2 atom stereocenters. The van der Waals surface area contributed by atoms with Gasteiger partial charge in [0.05, 0.1) is 6.10 Å². The zero-order valence-electron chi connectivity index (χ0n) is 11.0. The van der Waals surface area contributed by atoms with Gasteiger partial charge in [-0.25, -0.2) is 0 Å². The standard InChI is InChI=1S/C15H16BrNO2/c1-9-6-7-10(2)19-15(8-9)13-11(16)4-3-5-12(13)17-14(15)18/h3-6,10H,7-8H2,1-2H3,(H,17,18)/t10-,15-/m1/s1. The molecule has 0 saturated heterocycles. The van der Waals surface area contributed by atoms with Gasteiger partial charge in [-0.15, -0.1) is 0 Å². The Morgan fingerprint density at radius 2 is 2.26 bits per heavy atom. The number of nitrogens with one attached hydrogen (secondary N) is 1. The Kier molecular flexibility index (Phi) is 3.02. The van der Waals surface area contributed by atoms with Crippen LogP contribution in [0.5, 0.6) is 0 Å². The highest BCUT2D eigenvalue weighted by molar-refractivity contribution is 9.10. The third-order valence-corrected chi connectivity index (χ3v) is 4.42. The maximum atomic E-state index is 12.5. The van der Waals surface area contributed by atoms with Crippen molar-refractivity contribution in [3.05, 3.63) is 39.9 Å². The zero-order chi connectivity index (χ0) is 13.6. The Bertz CT molecular complexity index is 582. The number of amides is 1. The zero-order valence-corrected chi connectivity index (χ0v) is 12.6. The summed E-state index contributed by atoms with van der Waals surface area (Å²) in [6.07, 6.45) is 3.65. The molecular formula is C15H16BrNO2. The van der Waals surface area contributed by atoms with E-state index in [9.17, 15) is 4.79 Å². The molecule has 0 bridgehead atoms. The number of anilines is 1. The summed E-state index contributed by atoms with van der Waals surface area (Å²) in [5.74, 6) is -0.0594. The summed E-state index contributed by atoms with van der Waals surface area (Å²) in [7, 11) is 0. The maximum absolute atomic E-state index is 12.5. The van der Waals surface area contributed by atoms with E-state index in [-0.39, 0.29) is 12.0 Å². The minimum absolute atomic E-state index is 0.0289. The number of carbonyl (C=O) groups excluding carboxylic acids is 1. The van der Waals surface area contributed by atoms with Gasteiger partial charge in [0.1, 0.15) is 0 Å². The van der Waals surface area contributed by atoms with E-state index in [4.69, 9.17) is 4.74 Å². The van der Waals surface area contributed by atoms with Crippen LogP contribution in [-0.2, 0) is 15.1 Å². The van der Waals surface area contributed by atoms with Crippen molar-refractivity contribution in [2.45, 2.75) is 38.4 Å². The van der Waals surface area contributed by atoms with Gasteiger partial charge in [-0.3, -0.25) is 4.79 Å². The van der Waals surface area contributed by atoms with Gasteiger partial charge < -0.3 is 10.1 Å². The molecule has 1 N–H and O–H groups in total. The van der Waals surface area contributed by atoms with Crippen LogP contribution >= 0.6 is 15.9 Å². The first kappa shape index (κ1) is 12.9. The Hall–Kier alpha value is -1.13. The number of ether oxygens (including phenoxy) is 1. The molecule has 1 aromatic carbocycles. The molecule has 2 aliphatic rings. The van der Waals surface area contributed by atoms with E-state index in [0.717, 1.165) is 22.1 Å². The summed E-state index contributed by atoms with van der Waals surface area (Å²) in [6.45, 7) is 4.07. The molecule has 3 rings (SSSR count). The van der Waals surface area contributed by atoms with Crippen LogP contribution in [0.1, 0.15) is 32.3 Å². The molecule has 4 heteroatoms. The molecule has 3 nitrogen and oxygen atoms in total. The van der Waals surface area contributed by atoms with Gasteiger partial charge in [-0.2, -0.15) is 0 Å². The minimum Gasteiger partial charge on any atom is -0.357 e. The van der Waals surface area contributed by atoms with E-state index in [1.54, 1.807) is 0 Å². The first-order valence-corrected chi connectivity index (χ1v) is 7.26. The SMILES string of the molecule is CC1=CC[C@@H](C)O[C@@]2(C1)C(=O)Nc1cccc(Br)c12. The first-order valence-electron chi connectivity index (χ1n) is 6.47. The van der Waals surface area contributed by atoms with Crippen LogP contribution in [0.2, 0.25) is 0 Å². The smallest absolute Gasteiger partial charge is 0.261 e. The molecule has 0 radical (unpaired) electrons. The molecule has 19 heavy (non-hydrogen) atoms. The largest absolute Gasteiger partial charge is 0.357 e. The second-order valence-corrected chi connectivity index (χ2v) is 6.19. The number of benzene rings is 1. The van der Waals surface area contributed by atoms with Gasteiger partial charge in [0.2, 0.25) is 0 Å². The highest BCUT2D eigenvalue weighted by Crippen LogP contribution is 2.48. The van der Waals surface area contributed by atoms with Crippen LogP contribution in [-0.4, -0.2) is 12.0 Å². The lowest BCUT2D eigenvalue weighted by molar-refractivity contribution is -0.148. The molecule has 100 valence electrons.